The maximum absolute atomic E-state index is 11.8. The largest absolute Gasteiger partial charge is 0.349 e. The Morgan fingerprint density at radius 2 is 2.18 bits per heavy atom. The highest BCUT2D eigenvalue weighted by Gasteiger charge is 2.26. The Bertz CT molecular complexity index is 401. The second kappa shape index (κ2) is 5.85. The maximum Gasteiger partial charge on any atom is 0.226 e. The zero-order valence-electron chi connectivity index (χ0n) is 10.4. The third-order valence-corrected chi connectivity index (χ3v) is 4.04. The van der Waals surface area contributed by atoms with Crippen molar-refractivity contribution in [2.24, 2.45) is 5.92 Å². The van der Waals surface area contributed by atoms with Crippen LogP contribution in [0.3, 0.4) is 0 Å². The van der Waals surface area contributed by atoms with Gasteiger partial charge in [-0.2, -0.15) is 0 Å². The fourth-order valence-electron chi connectivity index (χ4n) is 1.96. The van der Waals surface area contributed by atoms with E-state index in [9.17, 15) is 4.79 Å². The number of aryl methyl sites for hydroxylation is 2. The highest BCUT2D eigenvalue weighted by Crippen LogP contribution is 2.26. The molecule has 0 radical (unpaired) electrons. The molecule has 0 saturated carbocycles. The molecule has 2 heterocycles. The third-order valence-electron chi connectivity index (χ3n) is 3.06. The average molecular weight is 275 g/mol. The van der Waals surface area contributed by atoms with Gasteiger partial charge in [-0.25, -0.2) is 0 Å². The molecule has 0 spiro atoms. The molecule has 0 aromatic carbocycles. The predicted molar refractivity (Wildman–Crippen MR) is 74.0 cm³/mol. The molecule has 17 heavy (non-hydrogen) atoms. The van der Waals surface area contributed by atoms with Crippen LogP contribution in [0.25, 0.3) is 0 Å². The van der Waals surface area contributed by atoms with Crippen LogP contribution < -0.4 is 10.6 Å². The van der Waals surface area contributed by atoms with Gasteiger partial charge in [0.1, 0.15) is 0 Å². The van der Waals surface area contributed by atoms with Gasteiger partial charge in [-0.3, -0.25) is 4.79 Å². The molecule has 1 aromatic rings. The van der Waals surface area contributed by atoms with E-state index in [2.05, 4.69) is 37.5 Å². The quantitative estimate of drug-likeness (QED) is 0.887. The topological polar surface area (TPSA) is 41.1 Å². The Morgan fingerprint density at radius 1 is 1.53 bits per heavy atom. The molecule has 0 bridgehead atoms. The van der Waals surface area contributed by atoms with Gasteiger partial charge < -0.3 is 10.6 Å². The van der Waals surface area contributed by atoms with Crippen LogP contribution in [0.2, 0.25) is 0 Å². The summed E-state index contributed by atoms with van der Waals surface area (Å²) in [7, 11) is 0. The lowest BCUT2D eigenvalue weighted by atomic mass is 10.0. The molecular weight excluding hydrogens is 256 g/mol. The molecule has 2 rings (SSSR count). The number of carbonyl (C=O) groups excluding carboxylic acids is 1. The number of rotatable bonds is 3. The number of hydrogen-bond acceptors (Lipinski definition) is 3. The molecule has 1 aliphatic rings. The van der Waals surface area contributed by atoms with E-state index in [4.69, 9.17) is 0 Å². The minimum atomic E-state index is 0. The molecule has 96 valence electrons. The molecule has 1 aromatic heterocycles. The molecular formula is C12H19ClN2OS. The van der Waals surface area contributed by atoms with Crippen LogP contribution >= 0.6 is 23.7 Å². The molecule has 3 nitrogen and oxygen atoms in total. The molecule has 1 fully saturated rings. The Kier molecular flexibility index (Phi) is 4.98. The van der Waals surface area contributed by atoms with E-state index in [1.807, 2.05) is 0 Å². The first-order valence-electron chi connectivity index (χ1n) is 5.66. The molecule has 5 heteroatoms. The van der Waals surface area contributed by atoms with Gasteiger partial charge in [-0.15, -0.1) is 23.7 Å². The second-order valence-corrected chi connectivity index (χ2v) is 5.91. The third kappa shape index (κ3) is 3.21. The first-order chi connectivity index (χ1) is 7.58. The van der Waals surface area contributed by atoms with E-state index in [0.29, 0.717) is 0 Å². The van der Waals surface area contributed by atoms with Crippen LogP contribution in [-0.2, 0) is 4.79 Å². The predicted octanol–water partition coefficient (Wildman–Crippen LogP) is 2.18. The van der Waals surface area contributed by atoms with Crippen molar-refractivity contribution in [1.29, 1.82) is 0 Å². The molecule has 1 atom stereocenters. The first kappa shape index (κ1) is 14.5. The maximum atomic E-state index is 11.8. The lowest BCUT2D eigenvalue weighted by molar-refractivity contribution is -0.127. The summed E-state index contributed by atoms with van der Waals surface area (Å²) in [6.07, 6.45) is 0. The average Bonchev–Trinajstić information content (AvgIpc) is 2.41. The summed E-state index contributed by atoms with van der Waals surface area (Å²) in [5.41, 5.74) is 1.25. The summed E-state index contributed by atoms with van der Waals surface area (Å²) in [6, 6.07) is 2.29. The summed E-state index contributed by atoms with van der Waals surface area (Å²) < 4.78 is 0. The van der Waals surface area contributed by atoms with Gasteiger partial charge in [0.2, 0.25) is 5.91 Å². The summed E-state index contributed by atoms with van der Waals surface area (Å²) in [5.74, 6) is 0.344. The standard InChI is InChI=1S/C12H18N2OS.ClH/c1-7-4-11(9(3)16-7)8(2)14-12(15)10-5-13-6-10;/h4,8,10,13H,5-6H2,1-3H3,(H,14,15);1H. The zero-order valence-corrected chi connectivity index (χ0v) is 12.0. The van der Waals surface area contributed by atoms with Gasteiger partial charge in [-0.05, 0) is 32.4 Å². The first-order valence-corrected chi connectivity index (χ1v) is 6.47. The van der Waals surface area contributed by atoms with E-state index < -0.39 is 0 Å². The summed E-state index contributed by atoms with van der Waals surface area (Å²) in [6.45, 7) is 7.91. The highest BCUT2D eigenvalue weighted by atomic mass is 35.5. The van der Waals surface area contributed by atoms with Crippen molar-refractivity contribution >= 4 is 29.7 Å². The van der Waals surface area contributed by atoms with Crippen LogP contribution in [0.15, 0.2) is 6.07 Å². The van der Waals surface area contributed by atoms with Gasteiger partial charge in [-0.1, -0.05) is 0 Å². The van der Waals surface area contributed by atoms with Gasteiger partial charge in [0.25, 0.3) is 0 Å². The van der Waals surface area contributed by atoms with Crippen LogP contribution in [-0.4, -0.2) is 19.0 Å². The summed E-state index contributed by atoms with van der Waals surface area (Å²) in [4.78, 5) is 14.4. The molecule has 1 saturated heterocycles. The van der Waals surface area contributed by atoms with Gasteiger partial charge in [0, 0.05) is 22.8 Å². The summed E-state index contributed by atoms with van der Waals surface area (Å²) in [5, 5.41) is 6.19. The Hall–Kier alpha value is -0.580. The van der Waals surface area contributed by atoms with Gasteiger partial charge in [0.15, 0.2) is 0 Å². The van der Waals surface area contributed by atoms with Crippen molar-refractivity contribution in [2.75, 3.05) is 13.1 Å². The highest BCUT2D eigenvalue weighted by molar-refractivity contribution is 7.12. The zero-order chi connectivity index (χ0) is 11.7. The van der Waals surface area contributed by atoms with Crippen molar-refractivity contribution < 1.29 is 4.79 Å². The monoisotopic (exact) mass is 274 g/mol. The lowest BCUT2D eigenvalue weighted by Crippen LogP contribution is -2.51. The minimum Gasteiger partial charge on any atom is -0.349 e. The van der Waals surface area contributed by atoms with E-state index >= 15 is 0 Å². The van der Waals surface area contributed by atoms with Crippen LogP contribution in [0.1, 0.15) is 28.3 Å². The minimum absolute atomic E-state index is 0. The molecule has 1 aliphatic heterocycles. The Morgan fingerprint density at radius 3 is 2.59 bits per heavy atom. The van der Waals surface area contributed by atoms with Crippen molar-refractivity contribution in [1.82, 2.24) is 10.6 Å². The second-order valence-electron chi connectivity index (χ2n) is 4.45. The number of nitrogens with one attached hydrogen (secondary N) is 2. The smallest absolute Gasteiger partial charge is 0.226 e. The lowest BCUT2D eigenvalue weighted by Gasteiger charge is -2.27. The van der Waals surface area contributed by atoms with Crippen molar-refractivity contribution in [3.8, 4) is 0 Å². The molecule has 2 N–H and O–H groups in total. The Balaban J connectivity index is 0.00000144. The molecule has 0 aliphatic carbocycles. The van der Waals surface area contributed by atoms with Crippen LogP contribution in [0.5, 0.6) is 0 Å². The van der Waals surface area contributed by atoms with Crippen LogP contribution in [0.4, 0.5) is 0 Å². The number of hydrogen-bond donors (Lipinski definition) is 2. The van der Waals surface area contributed by atoms with Crippen molar-refractivity contribution in [2.45, 2.75) is 26.8 Å². The molecule has 1 unspecified atom stereocenters. The SMILES string of the molecule is Cc1cc(C(C)NC(=O)C2CNC2)c(C)s1.Cl. The van der Waals surface area contributed by atoms with Gasteiger partial charge >= 0.3 is 0 Å². The van der Waals surface area contributed by atoms with Crippen LogP contribution in [0, 0.1) is 19.8 Å². The van der Waals surface area contributed by atoms with Crippen molar-refractivity contribution in [3.63, 3.8) is 0 Å². The van der Waals surface area contributed by atoms with E-state index in [1.165, 1.54) is 15.3 Å². The van der Waals surface area contributed by atoms with E-state index in [0.717, 1.165) is 13.1 Å². The summed E-state index contributed by atoms with van der Waals surface area (Å²) >= 11 is 1.79. The van der Waals surface area contributed by atoms with E-state index in [-0.39, 0.29) is 30.3 Å². The fraction of sp³-hybridized carbons (Fsp3) is 0.583. The normalized spacial score (nSPS) is 16.9. The number of carbonyl (C=O) groups is 1. The fourth-order valence-corrected chi connectivity index (χ4v) is 2.99. The number of thiophene rings is 1. The molecule has 1 amide bonds. The Labute approximate surface area is 112 Å². The van der Waals surface area contributed by atoms with Gasteiger partial charge in [0.05, 0.1) is 12.0 Å². The number of halogens is 1. The number of amides is 1. The van der Waals surface area contributed by atoms with Crippen molar-refractivity contribution in [3.05, 3.63) is 21.4 Å². The van der Waals surface area contributed by atoms with E-state index in [1.54, 1.807) is 11.3 Å².